The molecule has 3 N–H and O–H groups in total. The SMILES string of the molecule is CCC(CC)C(CNC(=NC)NCCCNS(C)(=O)=O)N1CCOCC1. The van der Waals surface area contributed by atoms with E-state index < -0.39 is 10.0 Å². The third kappa shape index (κ3) is 9.16. The molecular formula is C17H37N5O3S. The van der Waals surface area contributed by atoms with Gasteiger partial charge in [-0.05, 0) is 12.3 Å². The summed E-state index contributed by atoms with van der Waals surface area (Å²) in [6.45, 7) is 9.99. The number of morpholine rings is 1. The lowest BCUT2D eigenvalue weighted by Crippen LogP contribution is -2.53. The van der Waals surface area contributed by atoms with Crippen molar-refractivity contribution in [1.29, 1.82) is 0 Å². The molecule has 0 aromatic carbocycles. The average Bonchev–Trinajstić information content (AvgIpc) is 2.62. The van der Waals surface area contributed by atoms with E-state index in [4.69, 9.17) is 4.74 Å². The molecule has 0 radical (unpaired) electrons. The zero-order valence-corrected chi connectivity index (χ0v) is 17.6. The summed E-state index contributed by atoms with van der Waals surface area (Å²) < 4.78 is 30.1. The van der Waals surface area contributed by atoms with Crippen LogP contribution in [0.3, 0.4) is 0 Å². The zero-order chi connectivity index (χ0) is 19.4. The fraction of sp³-hybridized carbons (Fsp3) is 0.941. The molecule has 1 saturated heterocycles. The Bertz CT molecular complexity index is 503. The fourth-order valence-corrected chi connectivity index (χ4v) is 3.83. The summed E-state index contributed by atoms with van der Waals surface area (Å²) in [5.41, 5.74) is 0. The van der Waals surface area contributed by atoms with Crippen LogP contribution in [0, 0.1) is 5.92 Å². The number of hydrogen-bond donors (Lipinski definition) is 3. The van der Waals surface area contributed by atoms with Crippen LogP contribution in [0.5, 0.6) is 0 Å². The molecule has 1 aliphatic heterocycles. The van der Waals surface area contributed by atoms with Gasteiger partial charge in [0.2, 0.25) is 10.0 Å². The predicted octanol–water partition coefficient (Wildman–Crippen LogP) is 0.228. The third-order valence-corrected chi connectivity index (χ3v) is 5.55. The van der Waals surface area contributed by atoms with Crippen LogP contribution < -0.4 is 15.4 Å². The maximum absolute atomic E-state index is 11.1. The standard InChI is InChI=1S/C17H37N5O3S/c1-5-15(6-2)16(22-10-12-25-13-11-22)14-20-17(18-3)19-8-7-9-21-26(4,23)24/h15-16,21H,5-14H2,1-4H3,(H2,18,19,20). The molecule has 0 amide bonds. The minimum Gasteiger partial charge on any atom is -0.379 e. The topological polar surface area (TPSA) is 95.1 Å². The van der Waals surface area contributed by atoms with Gasteiger partial charge in [0.25, 0.3) is 0 Å². The van der Waals surface area contributed by atoms with Gasteiger partial charge in [0.15, 0.2) is 5.96 Å². The van der Waals surface area contributed by atoms with Crippen molar-refractivity contribution in [1.82, 2.24) is 20.3 Å². The molecule has 9 heteroatoms. The summed E-state index contributed by atoms with van der Waals surface area (Å²) in [5.74, 6) is 1.39. The molecule has 1 rings (SSSR count). The first kappa shape index (κ1) is 23.1. The lowest BCUT2D eigenvalue weighted by atomic mass is 9.92. The summed E-state index contributed by atoms with van der Waals surface area (Å²) in [6, 6.07) is 0.458. The summed E-state index contributed by atoms with van der Waals surface area (Å²) in [5, 5.41) is 6.69. The van der Waals surface area contributed by atoms with Crippen molar-refractivity contribution >= 4 is 16.0 Å². The Hall–Kier alpha value is -0.900. The first-order valence-corrected chi connectivity index (χ1v) is 11.5. The molecule has 0 bridgehead atoms. The molecule has 1 heterocycles. The van der Waals surface area contributed by atoms with Gasteiger partial charge in [-0.3, -0.25) is 9.89 Å². The van der Waals surface area contributed by atoms with E-state index in [9.17, 15) is 8.42 Å². The molecular weight excluding hydrogens is 354 g/mol. The van der Waals surface area contributed by atoms with Crippen LogP contribution in [0.4, 0.5) is 0 Å². The monoisotopic (exact) mass is 391 g/mol. The maximum atomic E-state index is 11.1. The smallest absolute Gasteiger partial charge is 0.208 e. The summed E-state index contributed by atoms with van der Waals surface area (Å²) >= 11 is 0. The van der Waals surface area contributed by atoms with E-state index in [0.717, 1.165) is 51.6 Å². The number of aliphatic imine (C=N–C) groups is 1. The van der Waals surface area contributed by atoms with Gasteiger partial charge in [0.05, 0.1) is 19.5 Å². The minimum atomic E-state index is -3.12. The van der Waals surface area contributed by atoms with Crippen LogP contribution in [0.2, 0.25) is 0 Å². The van der Waals surface area contributed by atoms with Crippen molar-refractivity contribution < 1.29 is 13.2 Å². The molecule has 1 aliphatic rings. The molecule has 1 atom stereocenters. The normalized spacial score (nSPS) is 18.1. The molecule has 0 saturated carbocycles. The number of hydrogen-bond acceptors (Lipinski definition) is 5. The Labute approximate surface area is 159 Å². The van der Waals surface area contributed by atoms with Crippen LogP contribution in [0.15, 0.2) is 4.99 Å². The average molecular weight is 392 g/mol. The number of nitrogens with zero attached hydrogens (tertiary/aromatic N) is 2. The molecule has 154 valence electrons. The van der Waals surface area contributed by atoms with E-state index in [2.05, 4.69) is 39.1 Å². The predicted molar refractivity (Wildman–Crippen MR) is 107 cm³/mol. The summed E-state index contributed by atoms with van der Waals surface area (Å²) in [7, 11) is -1.36. The summed E-state index contributed by atoms with van der Waals surface area (Å²) in [6.07, 6.45) is 4.19. The second kappa shape index (κ2) is 12.5. The fourth-order valence-electron chi connectivity index (χ4n) is 3.31. The number of ether oxygens (including phenoxy) is 1. The number of sulfonamides is 1. The molecule has 1 fully saturated rings. The summed E-state index contributed by atoms with van der Waals surface area (Å²) in [4.78, 5) is 6.80. The highest BCUT2D eigenvalue weighted by molar-refractivity contribution is 7.88. The maximum Gasteiger partial charge on any atom is 0.208 e. The Morgan fingerprint density at radius 2 is 1.81 bits per heavy atom. The Balaban J connectivity index is 2.45. The third-order valence-electron chi connectivity index (χ3n) is 4.82. The van der Waals surface area contributed by atoms with E-state index >= 15 is 0 Å². The molecule has 0 aromatic rings. The van der Waals surface area contributed by atoms with Crippen molar-refractivity contribution in [3.05, 3.63) is 0 Å². The van der Waals surface area contributed by atoms with Crippen LogP contribution in [0.1, 0.15) is 33.1 Å². The van der Waals surface area contributed by atoms with E-state index in [1.54, 1.807) is 7.05 Å². The zero-order valence-electron chi connectivity index (χ0n) is 16.8. The Morgan fingerprint density at radius 3 is 2.35 bits per heavy atom. The Kier molecular flexibility index (Phi) is 11.1. The van der Waals surface area contributed by atoms with E-state index in [0.29, 0.717) is 31.5 Å². The van der Waals surface area contributed by atoms with Gasteiger partial charge in [0.1, 0.15) is 0 Å². The number of nitrogens with one attached hydrogen (secondary N) is 3. The van der Waals surface area contributed by atoms with Gasteiger partial charge in [0, 0.05) is 45.8 Å². The van der Waals surface area contributed by atoms with Gasteiger partial charge in [-0.15, -0.1) is 0 Å². The van der Waals surface area contributed by atoms with E-state index in [1.165, 1.54) is 6.26 Å². The molecule has 1 unspecified atom stereocenters. The first-order chi connectivity index (χ1) is 12.4. The van der Waals surface area contributed by atoms with Gasteiger partial charge in [-0.1, -0.05) is 26.7 Å². The minimum absolute atomic E-state index is 0.424. The van der Waals surface area contributed by atoms with Crippen molar-refractivity contribution in [3.63, 3.8) is 0 Å². The lowest BCUT2D eigenvalue weighted by molar-refractivity contribution is 0.00272. The van der Waals surface area contributed by atoms with Crippen LogP contribution in [-0.4, -0.2) is 84.6 Å². The van der Waals surface area contributed by atoms with E-state index in [-0.39, 0.29) is 0 Å². The van der Waals surface area contributed by atoms with Crippen LogP contribution in [-0.2, 0) is 14.8 Å². The second-order valence-corrected chi connectivity index (χ2v) is 8.53. The first-order valence-electron chi connectivity index (χ1n) is 9.62. The van der Waals surface area contributed by atoms with Crippen molar-refractivity contribution in [2.24, 2.45) is 10.9 Å². The van der Waals surface area contributed by atoms with Gasteiger partial charge >= 0.3 is 0 Å². The molecule has 26 heavy (non-hydrogen) atoms. The molecule has 0 spiro atoms. The van der Waals surface area contributed by atoms with Crippen LogP contribution >= 0.6 is 0 Å². The molecule has 0 aromatic heterocycles. The highest BCUT2D eigenvalue weighted by atomic mass is 32.2. The highest BCUT2D eigenvalue weighted by Gasteiger charge is 2.26. The Morgan fingerprint density at radius 1 is 1.15 bits per heavy atom. The second-order valence-electron chi connectivity index (χ2n) is 6.69. The van der Waals surface area contributed by atoms with Crippen molar-refractivity contribution in [3.8, 4) is 0 Å². The highest BCUT2D eigenvalue weighted by Crippen LogP contribution is 2.19. The van der Waals surface area contributed by atoms with Crippen molar-refractivity contribution in [2.75, 3.05) is 59.2 Å². The van der Waals surface area contributed by atoms with Crippen molar-refractivity contribution in [2.45, 2.75) is 39.2 Å². The molecule has 0 aliphatic carbocycles. The molecule has 8 nitrogen and oxygen atoms in total. The van der Waals surface area contributed by atoms with E-state index in [1.807, 2.05) is 0 Å². The van der Waals surface area contributed by atoms with Gasteiger partial charge < -0.3 is 15.4 Å². The van der Waals surface area contributed by atoms with Crippen LogP contribution in [0.25, 0.3) is 0 Å². The van der Waals surface area contributed by atoms with Gasteiger partial charge in [-0.2, -0.15) is 0 Å². The van der Waals surface area contributed by atoms with Gasteiger partial charge in [-0.25, -0.2) is 13.1 Å². The lowest BCUT2D eigenvalue weighted by Gasteiger charge is -2.39. The number of rotatable bonds is 11. The number of guanidine groups is 1. The quantitative estimate of drug-likeness (QED) is 0.265. The largest absolute Gasteiger partial charge is 0.379 e.